The van der Waals surface area contributed by atoms with Crippen LogP contribution in [0.4, 0.5) is 0 Å². The number of carbonyl (C=O) groups excluding carboxylic acids is 1. The monoisotopic (exact) mass is 414 g/mol. The molecule has 4 aromatic rings. The highest BCUT2D eigenvalue weighted by Crippen LogP contribution is 2.27. The normalized spacial score (nSPS) is 11.0. The van der Waals surface area contributed by atoms with Crippen LogP contribution in [0.25, 0.3) is 10.9 Å². The zero-order chi connectivity index (χ0) is 21.1. The van der Waals surface area contributed by atoms with E-state index in [9.17, 15) is 4.79 Å². The van der Waals surface area contributed by atoms with Crippen molar-refractivity contribution in [2.75, 3.05) is 6.26 Å². The second-order valence-corrected chi connectivity index (χ2v) is 8.42. The first-order valence-electron chi connectivity index (χ1n) is 10.1. The van der Waals surface area contributed by atoms with Crippen molar-refractivity contribution >= 4 is 28.6 Å². The van der Waals surface area contributed by atoms with Crippen molar-refractivity contribution in [1.29, 1.82) is 0 Å². The van der Waals surface area contributed by atoms with Gasteiger partial charge in [0.1, 0.15) is 0 Å². The van der Waals surface area contributed by atoms with Crippen LogP contribution in [0.3, 0.4) is 0 Å². The lowest BCUT2D eigenvalue weighted by Gasteiger charge is -2.09. The standard InChI is InChI=1S/C26H26N2OS/c1-18-19(2)28(17-21-7-5-4-6-8-21)25-14-11-22(15-24(18)25)26(29)27-16-20-9-12-23(30-3)13-10-20/h4-15H,16-17H2,1-3H3,(H,27,29). The number of amides is 1. The molecule has 0 atom stereocenters. The second kappa shape index (κ2) is 8.80. The lowest BCUT2D eigenvalue weighted by Crippen LogP contribution is -2.22. The molecule has 0 aliphatic rings. The van der Waals surface area contributed by atoms with Gasteiger partial charge in [0.25, 0.3) is 5.91 Å². The Morgan fingerprint density at radius 2 is 1.67 bits per heavy atom. The Kier molecular flexibility index (Phi) is 5.96. The van der Waals surface area contributed by atoms with Gasteiger partial charge in [0.2, 0.25) is 0 Å². The number of hydrogen-bond donors (Lipinski definition) is 1. The van der Waals surface area contributed by atoms with Crippen LogP contribution >= 0.6 is 11.8 Å². The molecule has 3 nitrogen and oxygen atoms in total. The fourth-order valence-corrected chi connectivity index (χ4v) is 4.20. The molecule has 1 heterocycles. The van der Waals surface area contributed by atoms with E-state index in [1.54, 1.807) is 11.8 Å². The maximum absolute atomic E-state index is 12.8. The number of nitrogens with zero attached hydrogens (tertiary/aromatic N) is 1. The molecule has 0 spiro atoms. The van der Waals surface area contributed by atoms with E-state index in [0.717, 1.165) is 23.0 Å². The van der Waals surface area contributed by atoms with E-state index >= 15 is 0 Å². The summed E-state index contributed by atoms with van der Waals surface area (Å²) in [6.07, 6.45) is 2.06. The van der Waals surface area contributed by atoms with Gasteiger partial charge < -0.3 is 9.88 Å². The van der Waals surface area contributed by atoms with Gasteiger partial charge in [0.05, 0.1) is 0 Å². The molecule has 0 saturated heterocycles. The van der Waals surface area contributed by atoms with E-state index < -0.39 is 0 Å². The van der Waals surface area contributed by atoms with E-state index in [0.29, 0.717) is 12.1 Å². The predicted molar refractivity (Wildman–Crippen MR) is 126 cm³/mol. The zero-order valence-electron chi connectivity index (χ0n) is 17.6. The molecule has 4 rings (SSSR count). The SMILES string of the molecule is CSc1ccc(CNC(=O)c2ccc3c(c2)c(C)c(C)n3Cc2ccccc2)cc1. The maximum Gasteiger partial charge on any atom is 0.251 e. The van der Waals surface area contributed by atoms with Crippen LogP contribution < -0.4 is 5.32 Å². The summed E-state index contributed by atoms with van der Waals surface area (Å²) in [4.78, 5) is 14.0. The van der Waals surface area contributed by atoms with E-state index in [1.165, 1.54) is 21.7 Å². The highest BCUT2D eigenvalue weighted by molar-refractivity contribution is 7.98. The minimum Gasteiger partial charge on any atom is -0.348 e. The number of thioether (sulfide) groups is 1. The number of aromatic nitrogens is 1. The van der Waals surface area contributed by atoms with Crippen molar-refractivity contribution in [1.82, 2.24) is 9.88 Å². The number of benzene rings is 3. The average Bonchev–Trinajstić information content (AvgIpc) is 3.03. The maximum atomic E-state index is 12.8. The first-order chi connectivity index (χ1) is 14.6. The lowest BCUT2D eigenvalue weighted by atomic mass is 10.1. The van der Waals surface area contributed by atoms with Crippen LogP contribution in [-0.4, -0.2) is 16.7 Å². The predicted octanol–water partition coefficient (Wildman–Crippen LogP) is 5.96. The quantitative estimate of drug-likeness (QED) is 0.395. The summed E-state index contributed by atoms with van der Waals surface area (Å²) in [5, 5.41) is 4.18. The van der Waals surface area contributed by atoms with Gasteiger partial charge in [0, 0.05) is 40.1 Å². The molecule has 152 valence electrons. The molecule has 0 aliphatic carbocycles. The third-order valence-electron chi connectivity index (χ3n) is 5.70. The van der Waals surface area contributed by atoms with Gasteiger partial charge in [-0.2, -0.15) is 0 Å². The summed E-state index contributed by atoms with van der Waals surface area (Å²) in [5.74, 6) is -0.0429. The Labute approximate surface area is 182 Å². The average molecular weight is 415 g/mol. The van der Waals surface area contributed by atoms with Gasteiger partial charge in [-0.15, -0.1) is 11.8 Å². The van der Waals surface area contributed by atoms with Crippen LogP contribution in [-0.2, 0) is 13.1 Å². The Hall–Kier alpha value is -2.98. The van der Waals surface area contributed by atoms with Crippen molar-refractivity contribution in [3.8, 4) is 0 Å². The molecule has 1 aromatic heterocycles. The molecule has 0 bridgehead atoms. The molecule has 1 N–H and O–H groups in total. The number of hydrogen-bond acceptors (Lipinski definition) is 2. The summed E-state index contributed by atoms with van der Waals surface area (Å²) in [6, 6.07) is 24.8. The first kappa shape index (κ1) is 20.3. The van der Waals surface area contributed by atoms with Crippen LogP contribution in [0, 0.1) is 13.8 Å². The molecule has 0 saturated carbocycles. The van der Waals surface area contributed by atoms with Gasteiger partial charge >= 0.3 is 0 Å². The molecular formula is C26H26N2OS. The molecule has 0 unspecified atom stereocenters. The number of carbonyl (C=O) groups is 1. The summed E-state index contributed by atoms with van der Waals surface area (Å²) in [5.41, 5.74) is 6.69. The van der Waals surface area contributed by atoms with Crippen LogP contribution in [0.5, 0.6) is 0 Å². The molecule has 1 amide bonds. The molecule has 30 heavy (non-hydrogen) atoms. The largest absolute Gasteiger partial charge is 0.348 e. The van der Waals surface area contributed by atoms with Gasteiger partial charge in [-0.1, -0.05) is 42.5 Å². The van der Waals surface area contributed by atoms with Crippen molar-refractivity contribution in [2.45, 2.75) is 31.8 Å². The van der Waals surface area contributed by atoms with E-state index in [-0.39, 0.29) is 5.91 Å². The summed E-state index contributed by atoms with van der Waals surface area (Å²) >= 11 is 1.72. The highest BCUT2D eigenvalue weighted by atomic mass is 32.2. The van der Waals surface area contributed by atoms with E-state index in [1.807, 2.05) is 18.2 Å². The van der Waals surface area contributed by atoms with Gasteiger partial charge in [-0.25, -0.2) is 0 Å². The number of nitrogens with one attached hydrogen (secondary N) is 1. The van der Waals surface area contributed by atoms with Gasteiger partial charge in [0.15, 0.2) is 0 Å². The molecular weight excluding hydrogens is 388 g/mol. The van der Waals surface area contributed by atoms with E-state index in [2.05, 4.69) is 84.6 Å². The highest BCUT2D eigenvalue weighted by Gasteiger charge is 2.14. The Morgan fingerprint density at radius 3 is 2.37 bits per heavy atom. The molecule has 0 aliphatic heterocycles. The van der Waals surface area contributed by atoms with Crippen molar-refractivity contribution in [3.63, 3.8) is 0 Å². The van der Waals surface area contributed by atoms with Crippen molar-refractivity contribution < 1.29 is 4.79 Å². The molecule has 4 heteroatoms. The van der Waals surface area contributed by atoms with Gasteiger partial charge in [-0.3, -0.25) is 4.79 Å². The van der Waals surface area contributed by atoms with Gasteiger partial charge in [-0.05, 0) is 67.1 Å². The molecule has 0 radical (unpaired) electrons. The lowest BCUT2D eigenvalue weighted by molar-refractivity contribution is 0.0951. The topological polar surface area (TPSA) is 34.0 Å². The number of fused-ring (bicyclic) bond motifs is 1. The van der Waals surface area contributed by atoms with Crippen molar-refractivity contribution in [2.24, 2.45) is 0 Å². The Bertz CT molecular complexity index is 1180. The Balaban J connectivity index is 1.55. The van der Waals surface area contributed by atoms with Crippen LogP contribution in [0.2, 0.25) is 0 Å². The minimum atomic E-state index is -0.0429. The molecule has 0 fully saturated rings. The smallest absolute Gasteiger partial charge is 0.251 e. The zero-order valence-corrected chi connectivity index (χ0v) is 18.4. The van der Waals surface area contributed by atoms with Crippen LogP contribution in [0.1, 0.15) is 32.7 Å². The van der Waals surface area contributed by atoms with Crippen LogP contribution in [0.15, 0.2) is 77.7 Å². The summed E-state index contributed by atoms with van der Waals surface area (Å²) < 4.78 is 2.33. The summed E-state index contributed by atoms with van der Waals surface area (Å²) in [7, 11) is 0. The van der Waals surface area contributed by atoms with E-state index in [4.69, 9.17) is 0 Å². The first-order valence-corrected chi connectivity index (χ1v) is 11.3. The molecule has 3 aromatic carbocycles. The third kappa shape index (κ3) is 4.14. The van der Waals surface area contributed by atoms with Crippen molar-refractivity contribution in [3.05, 3.63) is 101 Å². The fraction of sp³-hybridized carbons (Fsp3) is 0.192. The Morgan fingerprint density at radius 1 is 0.933 bits per heavy atom. The summed E-state index contributed by atoms with van der Waals surface area (Å²) in [6.45, 7) is 5.64. The fourth-order valence-electron chi connectivity index (χ4n) is 3.79. The number of aryl methyl sites for hydroxylation is 1. The second-order valence-electron chi connectivity index (χ2n) is 7.54. The third-order valence-corrected chi connectivity index (χ3v) is 6.44. The minimum absolute atomic E-state index is 0.0429. The number of rotatable bonds is 6.